The first-order valence-electron chi connectivity index (χ1n) is 11.1. The molecule has 1 N–H and O–H groups in total. The smallest absolute Gasteiger partial charge is 0.261 e. The molecule has 0 saturated carbocycles. The summed E-state index contributed by atoms with van der Waals surface area (Å²) in [6, 6.07) is 12.3. The van der Waals surface area contributed by atoms with Crippen LogP contribution in [0.2, 0.25) is 0 Å². The van der Waals surface area contributed by atoms with Gasteiger partial charge in [-0.05, 0) is 61.4 Å². The van der Waals surface area contributed by atoms with E-state index in [0.717, 1.165) is 29.4 Å². The average molecular weight is 518 g/mol. The van der Waals surface area contributed by atoms with Gasteiger partial charge in [-0.3, -0.25) is 4.72 Å². The number of hydrogen-bond donors (Lipinski definition) is 1. The fraction of sp³-hybridized carbons (Fsp3) is 0.280. The molecule has 188 valence electrons. The van der Waals surface area contributed by atoms with E-state index in [1.165, 1.54) is 38.4 Å². The second-order valence-corrected chi connectivity index (χ2v) is 12.1. The second kappa shape index (κ2) is 11.1. The molecule has 1 unspecified atom stereocenters. The molecule has 8 nitrogen and oxygen atoms in total. The Labute approximate surface area is 208 Å². The summed E-state index contributed by atoms with van der Waals surface area (Å²) in [5.74, 6) is 0.639. The number of piperidine rings is 1. The molecule has 2 aromatic carbocycles. The number of rotatable bonds is 10. The third-order valence-corrected chi connectivity index (χ3v) is 8.78. The molecule has 1 heterocycles. The van der Waals surface area contributed by atoms with Crippen molar-refractivity contribution in [3.8, 4) is 0 Å². The molecule has 35 heavy (non-hydrogen) atoms. The highest BCUT2D eigenvalue weighted by Gasteiger charge is 2.25. The second-order valence-electron chi connectivity index (χ2n) is 8.22. The number of nitrogens with zero attached hydrogens (tertiary/aromatic N) is 2. The Morgan fingerprint density at radius 1 is 1.06 bits per heavy atom. The zero-order chi connectivity index (χ0) is 25.6. The molecule has 0 amide bonds. The van der Waals surface area contributed by atoms with Crippen molar-refractivity contribution in [2.45, 2.75) is 28.7 Å². The van der Waals surface area contributed by atoms with Gasteiger partial charge < -0.3 is 9.64 Å². The molecular formula is C25H31N3O5S2. The van der Waals surface area contributed by atoms with Gasteiger partial charge in [0, 0.05) is 20.6 Å². The van der Waals surface area contributed by atoms with Gasteiger partial charge in [0.2, 0.25) is 10.0 Å². The first kappa shape index (κ1) is 26.5. The summed E-state index contributed by atoms with van der Waals surface area (Å²) in [4.78, 5) is 2.08. The maximum absolute atomic E-state index is 13.1. The quantitative estimate of drug-likeness (QED) is 0.378. The van der Waals surface area contributed by atoms with Crippen molar-refractivity contribution in [1.29, 1.82) is 0 Å². The molecule has 10 heteroatoms. The zero-order valence-electron chi connectivity index (χ0n) is 19.9. The van der Waals surface area contributed by atoms with Crippen LogP contribution in [0.3, 0.4) is 0 Å². The largest absolute Gasteiger partial charge is 0.489 e. The average Bonchev–Trinajstić information content (AvgIpc) is 2.84. The number of ether oxygens (including phenoxy) is 1. The Morgan fingerprint density at radius 3 is 2.34 bits per heavy atom. The number of anilines is 2. The maximum atomic E-state index is 13.1. The molecule has 1 saturated heterocycles. The molecule has 0 bridgehead atoms. The molecule has 0 aliphatic carbocycles. The monoisotopic (exact) mass is 517 g/mol. The van der Waals surface area contributed by atoms with E-state index < -0.39 is 20.0 Å². The van der Waals surface area contributed by atoms with Crippen molar-refractivity contribution >= 4 is 31.4 Å². The van der Waals surface area contributed by atoms with Crippen LogP contribution >= 0.6 is 0 Å². The Balaban J connectivity index is 1.82. The highest BCUT2D eigenvalue weighted by atomic mass is 32.2. The van der Waals surface area contributed by atoms with Gasteiger partial charge in [0.1, 0.15) is 11.9 Å². The molecule has 1 fully saturated rings. The topological polar surface area (TPSA) is 96.0 Å². The highest BCUT2D eigenvalue weighted by molar-refractivity contribution is 7.92. The van der Waals surface area contributed by atoms with Crippen LogP contribution in [-0.2, 0) is 24.8 Å². The molecule has 1 atom stereocenters. The number of hydrogen-bond acceptors (Lipinski definition) is 6. The minimum atomic E-state index is -3.95. The lowest BCUT2D eigenvalue weighted by Crippen LogP contribution is -2.40. The van der Waals surface area contributed by atoms with E-state index in [1.807, 2.05) is 12.1 Å². The van der Waals surface area contributed by atoms with Crippen LogP contribution in [-0.4, -0.2) is 54.4 Å². The van der Waals surface area contributed by atoms with Crippen LogP contribution < -0.4 is 9.62 Å². The van der Waals surface area contributed by atoms with Crippen LogP contribution in [0.1, 0.15) is 12.8 Å². The number of nitrogens with one attached hydrogen (secondary N) is 1. The standard InChI is InChI=1S/C25H31N3O5S2/c1-5-10-20(6-2)33-21-11-9-18-28(19-21)25-13-8-7-12-24(25)26-34(29,30)22-14-16-23(17-15-22)35(31,32)27(3)4/h5-8,10,12-17,21,26H,1-2,9,11,18-19H2,3-4H3/b20-10+. The van der Waals surface area contributed by atoms with Crippen molar-refractivity contribution in [1.82, 2.24) is 4.31 Å². The molecule has 2 aromatic rings. The molecule has 0 aromatic heterocycles. The normalized spacial score (nSPS) is 17.2. The van der Waals surface area contributed by atoms with Gasteiger partial charge in [0.25, 0.3) is 10.0 Å². The zero-order valence-corrected chi connectivity index (χ0v) is 21.6. The van der Waals surface area contributed by atoms with Crippen LogP contribution in [0.4, 0.5) is 11.4 Å². The Kier molecular flexibility index (Phi) is 8.42. The lowest BCUT2D eigenvalue weighted by molar-refractivity contribution is 0.110. The van der Waals surface area contributed by atoms with Gasteiger partial charge in [-0.15, -0.1) is 0 Å². The van der Waals surface area contributed by atoms with E-state index in [9.17, 15) is 16.8 Å². The summed E-state index contributed by atoms with van der Waals surface area (Å²) in [6.45, 7) is 8.79. The van der Waals surface area contributed by atoms with Gasteiger partial charge in [-0.1, -0.05) is 31.4 Å². The lowest BCUT2D eigenvalue weighted by Gasteiger charge is -2.35. The number of para-hydroxylation sites is 2. The fourth-order valence-corrected chi connectivity index (χ4v) is 5.73. The van der Waals surface area contributed by atoms with Gasteiger partial charge in [0.15, 0.2) is 0 Å². The summed E-state index contributed by atoms with van der Waals surface area (Å²) < 4.78 is 60.6. The first-order valence-corrected chi connectivity index (χ1v) is 14.0. The van der Waals surface area contributed by atoms with E-state index in [0.29, 0.717) is 18.0 Å². The third-order valence-electron chi connectivity index (χ3n) is 5.57. The minimum absolute atomic E-state index is 0.0191. The summed E-state index contributed by atoms with van der Waals surface area (Å²) in [5.41, 5.74) is 1.17. The Bertz CT molecular complexity index is 1300. The SMILES string of the molecule is C=C/C=C(\C=C)OC1CCCN(c2ccccc2NS(=O)(=O)c2ccc(S(=O)(=O)N(C)C)cc2)C1. The van der Waals surface area contributed by atoms with E-state index in [2.05, 4.69) is 22.8 Å². The maximum Gasteiger partial charge on any atom is 0.261 e. The van der Waals surface area contributed by atoms with E-state index in [-0.39, 0.29) is 15.9 Å². The van der Waals surface area contributed by atoms with Crippen molar-refractivity contribution in [3.63, 3.8) is 0 Å². The van der Waals surface area contributed by atoms with Crippen molar-refractivity contribution < 1.29 is 21.6 Å². The Hall–Kier alpha value is -3.08. The summed E-state index contributed by atoms with van der Waals surface area (Å²) >= 11 is 0. The third kappa shape index (κ3) is 6.33. The van der Waals surface area contributed by atoms with Crippen LogP contribution in [0.25, 0.3) is 0 Å². The molecule has 0 radical (unpaired) electrons. The predicted molar refractivity (Wildman–Crippen MR) is 139 cm³/mol. The van der Waals surface area contributed by atoms with E-state index in [1.54, 1.807) is 30.4 Å². The van der Waals surface area contributed by atoms with Crippen LogP contribution in [0, 0.1) is 0 Å². The number of allylic oxidation sites excluding steroid dienone is 3. The molecule has 1 aliphatic rings. The van der Waals surface area contributed by atoms with Crippen molar-refractivity contribution in [3.05, 3.63) is 85.7 Å². The summed E-state index contributed by atoms with van der Waals surface area (Å²) in [5, 5.41) is 0. The minimum Gasteiger partial charge on any atom is -0.489 e. The molecular weight excluding hydrogens is 486 g/mol. The van der Waals surface area contributed by atoms with Gasteiger partial charge in [-0.2, -0.15) is 0 Å². The van der Waals surface area contributed by atoms with Crippen molar-refractivity contribution in [2.75, 3.05) is 36.8 Å². The van der Waals surface area contributed by atoms with Crippen molar-refractivity contribution in [2.24, 2.45) is 0 Å². The Morgan fingerprint density at radius 2 is 1.71 bits per heavy atom. The fourth-order valence-electron chi connectivity index (χ4n) is 3.76. The van der Waals surface area contributed by atoms with Gasteiger partial charge >= 0.3 is 0 Å². The lowest BCUT2D eigenvalue weighted by atomic mass is 10.1. The summed E-state index contributed by atoms with van der Waals surface area (Å²) in [6.07, 6.45) is 6.70. The van der Waals surface area contributed by atoms with Gasteiger partial charge in [-0.25, -0.2) is 21.1 Å². The summed E-state index contributed by atoms with van der Waals surface area (Å²) in [7, 11) is -4.77. The highest BCUT2D eigenvalue weighted by Crippen LogP contribution is 2.31. The predicted octanol–water partition coefficient (Wildman–Crippen LogP) is 3.98. The number of benzene rings is 2. The first-order chi connectivity index (χ1) is 16.6. The molecule has 1 aliphatic heterocycles. The molecule has 0 spiro atoms. The van der Waals surface area contributed by atoms with Crippen LogP contribution in [0.15, 0.2) is 95.5 Å². The van der Waals surface area contributed by atoms with Gasteiger partial charge in [0.05, 0.1) is 27.7 Å². The van der Waals surface area contributed by atoms with Crippen LogP contribution in [0.5, 0.6) is 0 Å². The number of sulfonamides is 2. The van der Waals surface area contributed by atoms with E-state index >= 15 is 0 Å². The molecule has 3 rings (SSSR count). The van der Waals surface area contributed by atoms with E-state index in [4.69, 9.17) is 4.74 Å².